The summed E-state index contributed by atoms with van der Waals surface area (Å²) in [7, 11) is 1.37. The predicted octanol–water partition coefficient (Wildman–Crippen LogP) is 4.52. The highest BCUT2D eigenvalue weighted by Crippen LogP contribution is 2.48. The quantitative estimate of drug-likeness (QED) is 0.159. The molecule has 4 rings (SSSR count). The van der Waals surface area contributed by atoms with Crippen LogP contribution in [0.3, 0.4) is 0 Å². The zero-order valence-corrected chi connectivity index (χ0v) is 24.2. The average Bonchev–Trinajstić information content (AvgIpc) is 3.24. The molecule has 0 aromatic carbocycles. The molecule has 208 valence electrons. The van der Waals surface area contributed by atoms with Crippen molar-refractivity contribution < 1.29 is 38.4 Å². The van der Waals surface area contributed by atoms with E-state index in [1.165, 1.54) is 19.3 Å². The minimum atomic E-state index is -1.05. The number of ether oxygens (including phenoxy) is 5. The number of hydrogen-bond acceptors (Lipinski definition) is 8. The summed E-state index contributed by atoms with van der Waals surface area (Å²) >= 11 is 8.40. The smallest absolute Gasteiger partial charge is 0.308 e. The Hall–Kier alpha value is -0.560. The molecule has 0 amide bonds. The molecule has 0 radical (unpaired) electrons. The molecule has 0 aromatic heterocycles. The molecule has 1 N–H and O–H groups in total. The number of rotatable bonds is 10. The van der Waals surface area contributed by atoms with Crippen LogP contribution >= 0.6 is 34.2 Å². The van der Waals surface area contributed by atoms with Gasteiger partial charge in [-0.15, -0.1) is 11.6 Å². The highest BCUT2D eigenvalue weighted by molar-refractivity contribution is 14.1. The Kier molecular flexibility index (Phi) is 10.5. The van der Waals surface area contributed by atoms with E-state index in [1.807, 2.05) is 0 Å². The Labute approximate surface area is 237 Å². The number of carbonyl (C=O) groups is 2. The van der Waals surface area contributed by atoms with Gasteiger partial charge in [0.25, 0.3) is 0 Å². The van der Waals surface area contributed by atoms with Crippen LogP contribution in [0.5, 0.6) is 0 Å². The van der Waals surface area contributed by atoms with Crippen LogP contribution in [0.15, 0.2) is 22.3 Å². The SMILES string of the molecule is C=C(I)CC(Cl)CCC(=O)/C=C/C(O)[C@@H]1OC2CC[C@H](CC(=O)OC)OC2[C@@H]2OC3(CCCCC3)O[C@H]12. The maximum Gasteiger partial charge on any atom is 0.308 e. The summed E-state index contributed by atoms with van der Waals surface area (Å²) < 4.78 is 31.5. The van der Waals surface area contributed by atoms with Crippen LogP contribution < -0.4 is 0 Å². The third-order valence-electron chi connectivity index (χ3n) is 7.69. The molecule has 4 fully saturated rings. The van der Waals surface area contributed by atoms with Crippen molar-refractivity contribution in [3.05, 3.63) is 22.3 Å². The summed E-state index contributed by atoms with van der Waals surface area (Å²) in [6.07, 6.45) is 6.87. The molecule has 1 aliphatic carbocycles. The van der Waals surface area contributed by atoms with E-state index in [9.17, 15) is 14.7 Å². The lowest BCUT2D eigenvalue weighted by Crippen LogP contribution is -2.62. The number of halogens is 2. The monoisotopic (exact) mass is 652 g/mol. The van der Waals surface area contributed by atoms with E-state index < -0.39 is 36.3 Å². The van der Waals surface area contributed by atoms with Gasteiger partial charge in [-0.3, -0.25) is 9.59 Å². The minimum absolute atomic E-state index is 0.104. The van der Waals surface area contributed by atoms with Crippen LogP contribution in [0.4, 0.5) is 0 Å². The van der Waals surface area contributed by atoms with Gasteiger partial charge in [0.15, 0.2) is 11.6 Å². The molecule has 0 bridgehead atoms. The Balaban J connectivity index is 1.43. The van der Waals surface area contributed by atoms with Gasteiger partial charge in [-0.25, -0.2) is 0 Å². The Morgan fingerprint density at radius 1 is 1.16 bits per heavy atom. The number of hydrogen-bond donors (Lipinski definition) is 1. The van der Waals surface area contributed by atoms with E-state index in [0.717, 1.165) is 35.7 Å². The number of methoxy groups -OCH3 is 1. The molecule has 8 atom stereocenters. The van der Waals surface area contributed by atoms with Gasteiger partial charge in [0, 0.05) is 24.6 Å². The van der Waals surface area contributed by atoms with Gasteiger partial charge in [-0.05, 0) is 76.8 Å². The summed E-state index contributed by atoms with van der Waals surface area (Å²) in [5.74, 6) is -1.13. The number of allylic oxidation sites excluding steroid dienone is 2. The van der Waals surface area contributed by atoms with Crippen molar-refractivity contribution in [1.82, 2.24) is 0 Å². The van der Waals surface area contributed by atoms with Gasteiger partial charge < -0.3 is 28.8 Å². The molecular formula is C27H38ClIO8. The lowest BCUT2D eigenvalue weighted by atomic mass is 9.87. The largest absolute Gasteiger partial charge is 0.469 e. The fraction of sp³-hybridized carbons (Fsp3) is 0.778. The highest BCUT2D eigenvalue weighted by Gasteiger charge is 2.60. The second kappa shape index (κ2) is 13.2. The fourth-order valence-corrected chi connectivity index (χ4v) is 6.92. The zero-order chi connectivity index (χ0) is 26.6. The van der Waals surface area contributed by atoms with E-state index in [0.29, 0.717) is 32.1 Å². The van der Waals surface area contributed by atoms with Crippen LogP contribution in [-0.4, -0.2) is 77.9 Å². The van der Waals surface area contributed by atoms with Crippen LogP contribution in [0.1, 0.15) is 70.6 Å². The number of fused-ring (bicyclic) bond motifs is 3. The number of ketones is 1. The molecule has 1 spiro atoms. The summed E-state index contributed by atoms with van der Waals surface area (Å²) in [6.45, 7) is 3.85. The first-order chi connectivity index (χ1) is 17.7. The molecule has 4 unspecified atom stereocenters. The molecule has 1 saturated carbocycles. The Bertz CT molecular complexity index is 859. The molecule has 3 heterocycles. The summed E-state index contributed by atoms with van der Waals surface area (Å²) in [6, 6.07) is 0. The maximum absolute atomic E-state index is 12.4. The highest BCUT2D eigenvalue weighted by atomic mass is 127. The summed E-state index contributed by atoms with van der Waals surface area (Å²) in [4.78, 5) is 24.3. The average molecular weight is 653 g/mol. The summed E-state index contributed by atoms with van der Waals surface area (Å²) in [5, 5.41) is 11.0. The van der Waals surface area contributed by atoms with E-state index in [4.69, 9.17) is 35.3 Å². The number of esters is 1. The van der Waals surface area contributed by atoms with Crippen LogP contribution in [-0.2, 0) is 33.3 Å². The topological polar surface area (TPSA) is 101 Å². The van der Waals surface area contributed by atoms with Gasteiger partial charge in [-0.1, -0.05) is 13.0 Å². The van der Waals surface area contributed by atoms with Crippen molar-refractivity contribution in [2.75, 3.05) is 7.11 Å². The van der Waals surface area contributed by atoms with Gasteiger partial charge in [0.05, 0.1) is 25.7 Å². The predicted molar refractivity (Wildman–Crippen MR) is 146 cm³/mol. The summed E-state index contributed by atoms with van der Waals surface area (Å²) in [5.41, 5.74) is 0. The maximum atomic E-state index is 12.4. The van der Waals surface area contributed by atoms with Crippen molar-refractivity contribution in [2.45, 2.75) is 125 Å². The zero-order valence-electron chi connectivity index (χ0n) is 21.3. The second-order valence-corrected chi connectivity index (χ2v) is 12.7. The van der Waals surface area contributed by atoms with Crippen molar-refractivity contribution in [3.8, 4) is 0 Å². The molecule has 3 saturated heterocycles. The molecular weight excluding hydrogens is 615 g/mol. The lowest BCUT2D eigenvalue weighted by Gasteiger charge is -2.47. The van der Waals surface area contributed by atoms with Gasteiger partial charge in [0.1, 0.15) is 30.5 Å². The Morgan fingerprint density at radius 2 is 1.89 bits per heavy atom. The molecule has 10 heteroatoms. The van der Waals surface area contributed by atoms with Crippen molar-refractivity contribution >= 4 is 45.9 Å². The van der Waals surface area contributed by atoms with Crippen molar-refractivity contribution in [3.63, 3.8) is 0 Å². The van der Waals surface area contributed by atoms with Crippen molar-refractivity contribution in [2.24, 2.45) is 0 Å². The molecule has 8 nitrogen and oxygen atoms in total. The van der Waals surface area contributed by atoms with E-state index in [1.54, 1.807) is 0 Å². The third kappa shape index (κ3) is 7.55. The van der Waals surface area contributed by atoms with E-state index in [2.05, 4.69) is 29.2 Å². The first kappa shape index (κ1) is 29.4. The first-order valence-electron chi connectivity index (χ1n) is 13.3. The van der Waals surface area contributed by atoms with Crippen LogP contribution in [0.2, 0.25) is 0 Å². The molecule has 4 aliphatic rings. The number of alkyl halides is 1. The van der Waals surface area contributed by atoms with Gasteiger partial charge in [0.2, 0.25) is 0 Å². The van der Waals surface area contributed by atoms with Gasteiger partial charge >= 0.3 is 5.97 Å². The standard InChI is InChI=1S/C27H38ClIO8/c1-16(29)14-17(28)6-7-18(30)8-10-20(31)23-25-26(37-27(36-25)12-4-3-5-13-27)24-21(35-23)11-9-19(34-24)15-22(32)33-2/h8,10,17,19-21,23-26,31H,1,3-7,9,11-15H2,2H3/b10-8+/t17?,19-,20?,21?,23+,24?,25-,26+/m1/s1. The number of aliphatic hydroxyl groups is 1. The normalized spacial score (nSPS) is 34.5. The third-order valence-corrected chi connectivity index (χ3v) is 8.51. The lowest BCUT2D eigenvalue weighted by molar-refractivity contribution is -0.250. The number of carbonyl (C=O) groups excluding carboxylic acids is 2. The van der Waals surface area contributed by atoms with E-state index in [-0.39, 0.29) is 35.8 Å². The minimum Gasteiger partial charge on any atom is -0.469 e. The molecule has 3 aliphatic heterocycles. The second-order valence-electron chi connectivity index (χ2n) is 10.5. The van der Waals surface area contributed by atoms with Crippen molar-refractivity contribution in [1.29, 1.82) is 0 Å². The number of aliphatic hydroxyl groups excluding tert-OH is 1. The fourth-order valence-electron chi connectivity index (χ4n) is 5.83. The van der Waals surface area contributed by atoms with Gasteiger partial charge in [-0.2, -0.15) is 0 Å². The van der Waals surface area contributed by atoms with E-state index >= 15 is 0 Å². The molecule has 0 aromatic rings. The molecule has 37 heavy (non-hydrogen) atoms. The Morgan fingerprint density at radius 3 is 2.59 bits per heavy atom. The van der Waals surface area contributed by atoms with Crippen LogP contribution in [0, 0.1) is 0 Å². The first-order valence-corrected chi connectivity index (χ1v) is 14.8. The van der Waals surface area contributed by atoms with Crippen LogP contribution in [0.25, 0.3) is 0 Å².